The minimum Gasteiger partial charge on any atom is -0.463 e. The highest BCUT2D eigenvalue weighted by Crippen LogP contribution is 2.40. The summed E-state index contributed by atoms with van der Waals surface area (Å²) >= 11 is 2.12. The highest BCUT2D eigenvalue weighted by molar-refractivity contribution is 8.16. The molecule has 0 bridgehead atoms. The van der Waals surface area contributed by atoms with Crippen LogP contribution in [0.4, 0.5) is 0 Å². The Kier molecular flexibility index (Phi) is 5.47. The Morgan fingerprint density at radius 3 is 2.64 bits per heavy atom. The predicted octanol–water partition coefficient (Wildman–Crippen LogP) is 2.77. The van der Waals surface area contributed by atoms with Gasteiger partial charge in [-0.05, 0) is 37.2 Å². The molecule has 22 heavy (non-hydrogen) atoms. The Balaban J connectivity index is 2.47. The van der Waals surface area contributed by atoms with E-state index in [-0.39, 0.29) is 5.04 Å². The SMILES string of the molecule is COC(=O)C(Sc1ccc(C)cc1)(C1=NCCCS1)[N+](=O)[O-]. The minimum absolute atomic E-state index is 0.209. The quantitative estimate of drug-likeness (QED) is 0.269. The molecule has 1 aliphatic rings. The van der Waals surface area contributed by atoms with Gasteiger partial charge in [-0.2, -0.15) is 0 Å². The molecular weight excluding hydrogens is 324 g/mol. The summed E-state index contributed by atoms with van der Waals surface area (Å²) < 4.78 is 4.73. The number of carbonyl (C=O) groups excluding carboxylic acids is 1. The van der Waals surface area contributed by atoms with Crippen LogP contribution in [0.2, 0.25) is 0 Å². The van der Waals surface area contributed by atoms with E-state index in [2.05, 4.69) is 4.99 Å². The second-order valence-corrected chi connectivity index (χ2v) is 7.05. The second-order valence-electron chi connectivity index (χ2n) is 4.70. The van der Waals surface area contributed by atoms with Crippen LogP contribution in [-0.2, 0) is 9.53 Å². The van der Waals surface area contributed by atoms with Crippen LogP contribution < -0.4 is 0 Å². The number of methoxy groups -OCH3 is 1. The lowest BCUT2D eigenvalue weighted by Crippen LogP contribution is -2.50. The fraction of sp³-hybridized carbons (Fsp3) is 0.429. The molecule has 0 aliphatic carbocycles. The van der Waals surface area contributed by atoms with Gasteiger partial charge in [-0.25, -0.2) is 4.79 Å². The van der Waals surface area contributed by atoms with Crippen molar-refractivity contribution in [2.24, 2.45) is 4.99 Å². The molecule has 118 valence electrons. The highest BCUT2D eigenvalue weighted by atomic mass is 32.2. The van der Waals surface area contributed by atoms with Crippen LogP contribution >= 0.6 is 23.5 Å². The number of hydrogen-bond acceptors (Lipinski definition) is 7. The zero-order valence-electron chi connectivity index (χ0n) is 12.3. The molecule has 1 aromatic carbocycles. The average molecular weight is 340 g/mol. The summed E-state index contributed by atoms with van der Waals surface area (Å²) in [6.07, 6.45) is 0.846. The van der Waals surface area contributed by atoms with Crippen molar-refractivity contribution in [3.05, 3.63) is 39.9 Å². The van der Waals surface area contributed by atoms with Crippen molar-refractivity contribution in [2.75, 3.05) is 19.4 Å². The van der Waals surface area contributed by atoms with Crippen LogP contribution in [0.15, 0.2) is 34.2 Å². The van der Waals surface area contributed by atoms with E-state index < -0.39 is 15.8 Å². The molecule has 0 aromatic heterocycles. The van der Waals surface area contributed by atoms with Crippen molar-refractivity contribution in [3.63, 3.8) is 0 Å². The molecule has 1 unspecified atom stereocenters. The number of benzene rings is 1. The van der Waals surface area contributed by atoms with Gasteiger partial charge in [-0.3, -0.25) is 15.1 Å². The van der Waals surface area contributed by atoms with Gasteiger partial charge >= 0.3 is 10.8 Å². The molecule has 1 aromatic rings. The van der Waals surface area contributed by atoms with Crippen molar-refractivity contribution < 1.29 is 14.5 Å². The zero-order valence-corrected chi connectivity index (χ0v) is 13.9. The molecule has 0 radical (unpaired) electrons. The van der Waals surface area contributed by atoms with E-state index >= 15 is 0 Å². The summed E-state index contributed by atoms with van der Waals surface area (Å²) in [7, 11) is 1.16. The van der Waals surface area contributed by atoms with Crippen molar-refractivity contribution in [1.82, 2.24) is 0 Å². The maximum absolute atomic E-state index is 12.3. The second kappa shape index (κ2) is 7.15. The molecule has 0 amide bonds. The first-order chi connectivity index (χ1) is 10.5. The van der Waals surface area contributed by atoms with E-state index in [0.717, 1.165) is 30.9 Å². The van der Waals surface area contributed by atoms with Crippen LogP contribution in [0.1, 0.15) is 12.0 Å². The smallest absolute Gasteiger partial charge is 0.413 e. The van der Waals surface area contributed by atoms with E-state index in [0.29, 0.717) is 17.2 Å². The maximum atomic E-state index is 12.3. The van der Waals surface area contributed by atoms with Crippen LogP contribution in [0.3, 0.4) is 0 Å². The number of nitrogens with zero attached hydrogens (tertiary/aromatic N) is 2. The summed E-state index contributed by atoms with van der Waals surface area (Å²) in [6.45, 7) is 2.42. The molecule has 1 aliphatic heterocycles. The van der Waals surface area contributed by atoms with Gasteiger partial charge in [-0.15, -0.1) is 11.8 Å². The van der Waals surface area contributed by atoms with Crippen molar-refractivity contribution in [2.45, 2.75) is 23.1 Å². The third-order valence-corrected chi connectivity index (χ3v) is 5.72. The van der Waals surface area contributed by atoms with Gasteiger partial charge in [0.1, 0.15) is 0 Å². The number of ether oxygens (including phenoxy) is 1. The normalized spacial score (nSPS) is 17.3. The van der Waals surface area contributed by atoms with Gasteiger partial charge in [0.2, 0.25) is 0 Å². The molecule has 1 heterocycles. The average Bonchev–Trinajstić information content (AvgIpc) is 2.54. The minimum atomic E-state index is -2.03. The topological polar surface area (TPSA) is 81.8 Å². The third-order valence-electron chi connectivity index (χ3n) is 3.09. The standard InChI is InChI=1S/C14H16N2O4S2/c1-10-4-6-11(7-5-10)22-14(16(18)19,13(17)20-2)12-15-8-3-9-21-12/h4-7H,3,8-9H2,1-2H3. The lowest BCUT2D eigenvalue weighted by Gasteiger charge is -2.24. The molecule has 1 atom stereocenters. The number of rotatable bonds is 5. The van der Waals surface area contributed by atoms with Crippen LogP contribution in [-0.4, -0.2) is 40.2 Å². The molecule has 0 saturated heterocycles. The number of carbonyl (C=O) groups is 1. The van der Waals surface area contributed by atoms with E-state index in [9.17, 15) is 14.9 Å². The molecule has 0 fully saturated rings. The van der Waals surface area contributed by atoms with Crippen LogP contribution in [0.25, 0.3) is 0 Å². The van der Waals surface area contributed by atoms with Gasteiger partial charge in [0.25, 0.3) is 0 Å². The largest absolute Gasteiger partial charge is 0.463 e. The fourth-order valence-corrected chi connectivity index (χ4v) is 4.25. The fourth-order valence-electron chi connectivity index (χ4n) is 1.94. The first-order valence-electron chi connectivity index (χ1n) is 6.67. The number of hydrogen-bond donors (Lipinski definition) is 0. The van der Waals surface area contributed by atoms with E-state index in [1.54, 1.807) is 12.1 Å². The Hall–Kier alpha value is -1.54. The first kappa shape index (κ1) is 16.8. The lowest BCUT2D eigenvalue weighted by molar-refractivity contribution is -0.504. The number of aliphatic imine (C=N–C) groups is 1. The predicted molar refractivity (Wildman–Crippen MR) is 88.2 cm³/mol. The molecule has 0 spiro atoms. The summed E-state index contributed by atoms with van der Waals surface area (Å²) in [4.78, 5) is 26.3. The lowest BCUT2D eigenvalue weighted by atomic mass is 10.2. The van der Waals surface area contributed by atoms with Gasteiger partial charge in [0.15, 0.2) is 5.04 Å². The monoisotopic (exact) mass is 340 g/mol. The number of thioether (sulfide) groups is 2. The third kappa shape index (κ3) is 3.27. The molecule has 0 saturated carbocycles. The number of nitro groups is 1. The molecule has 6 nitrogen and oxygen atoms in total. The maximum Gasteiger partial charge on any atom is 0.413 e. The van der Waals surface area contributed by atoms with Crippen molar-refractivity contribution in [1.29, 1.82) is 0 Å². The Morgan fingerprint density at radius 1 is 1.45 bits per heavy atom. The number of aryl methyl sites for hydroxylation is 1. The Labute approximate surface area is 136 Å². The van der Waals surface area contributed by atoms with Crippen LogP contribution in [0.5, 0.6) is 0 Å². The van der Waals surface area contributed by atoms with Gasteiger partial charge < -0.3 is 4.74 Å². The Morgan fingerprint density at radius 2 is 2.14 bits per heavy atom. The van der Waals surface area contributed by atoms with E-state index in [1.807, 2.05) is 19.1 Å². The van der Waals surface area contributed by atoms with E-state index in [4.69, 9.17) is 4.74 Å². The van der Waals surface area contributed by atoms with Crippen molar-refractivity contribution in [3.8, 4) is 0 Å². The van der Waals surface area contributed by atoms with Crippen molar-refractivity contribution >= 4 is 34.5 Å². The first-order valence-corrected chi connectivity index (χ1v) is 8.47. The molecule has 0 N–H and O–H groups in total. The summed E-state index contributed by atoms with van der Waals surface area (Å²) in [6, 6.07) is 7.21. The number of esters is 1. The summed E-state index contributed by atoms with van der Waals surface area (Å²) in [5, 5.41) is 12.0. The molecule has 8 heteroatoms. The summed E-state index contributed by atoms with van der Waals surface area (Å²) in [5.41, 5.74) is 1.04. The van der Waals surface area contributed by atoms with E-state index in [1.165, 1.54) is 11.8 Å². The molecular formula is C14H16N2O4S2. The van der Waals surface area contributed by atoms with Gasteiger partial charge in [0, 0.05) is 17.2 Å². The van der Waals surface area contributed by atoms with Crippen LogP contribution in [0, 0.1) is 17.0 Å². The Bertz CT molecular complexity index is 603. The molecule has 2 rings (SSSR count). The summed E-state index contributed by atoms with van der Waals surface area (Å²) in [5.74, 6) is -0.198. The van der Waals surface area contributed by atoms with Gasteiger partial charge in [-0.1, -0.05) is 17.7 Å². The zero-order chi connectivity index (χ0) is 16.2. The highest BCUT2D eigenvalue weighted by Gasteiger charge is 2.59. The van der Waals surface area contributed by atoms with Gasteiger partial charge in [0.05, 0.1) is 12.0 Å².